The molecule has 0 saturated carbocycles. The number of aryl methyl sites for hydroxylation is 1. The molecule has 0 amide bonds. The summed E-state index contributed by atoms with van der Waals surface area (Å²) in [5.74, 6) is -0.354. The maximum Gasteiger partial charge on any atom is 0.338 e. The Morgan fingerprint density at radius 2 is 1.88 bits per heavy atom. The van der Waals surface area contributed by atoms with E-state index in [2.05, 4.69) is 0 Å². The first-order valence-electron chi connectivity index (χ1n) is 5.16. The Hall–Kier alpha value is -1.39. The molecular formula is C12H16O4. The van der Waals surface area contributed by atoms with E-state index in [9.17, 15) is 4.79 Å². The fourth-order valence-corrected chi connectivity index (χ4v) is 1.13. The minimum atomic E-state index is -0.354. The van der Waals surface area contributed by atoms with Gasteiger partial charge in [0.1, 0.15) is 6.61 Å². The average Bonchev–Trinajstić information content (AvgIpc) is 2.29. The zero-order chi connectivity index (χ0) is 11.8. The van der Waals surface area contributed by atoms with Crippen molar-refractivity contribution in [3.05, 3.63) is 35.4 Å². The molecule has 1 aromatic carbocycles. The van der Waals surface area contributed by atoms with Crippen molar-refractivity contribution in [2.75, 3.05) is 26.4 Å². The molecule has 4 heteroatoms. The lowest BCUT2D eigenvalue weighted by molar-refractivity contribution is 0.0258. The van der Waals surface area contributed by atoms with Crippen LogP contribution in [0.5, 0.6) is 0 Å². The van der Waals surface area contributed by atoms with E-state index >= 15 is 0 Å². The largest absolute Gasteiger partial charge is 0.460 e. The summed E-state index contributed by atoms with van der Waals surface area (Å²) in [6.45, 7) is 2.71. The normalized spacial score (nSPS) is 10.1. The van der Waals surface area contributed by atoms with Gasteiger partial charge >= 0.3 is 5.97 Å². The summed E-state index contributed by atoms with van der Waals surface area (Å²) in [6, 6.07) is 7.18. The van der Waals surface area contributed by atoms with E-state index in [1.165, 1.54) is 0 Å². The Kier molecular flexibility index (Phi) is 5.53. The number of ether oxygens (including phenoxy) is 2. The van der Waals surface area contributed by atoms with Crippen LogP contribution in [0, 0.1) is 6.92 Å². The van der Waals surface area contributed by atoms with E-state index < -0.39 is 0 Å². The summed E-state index contributed by atoms with van der Waals surface area (Å²) in [5.41, 5.74) is 1.63. The Balaban J connectivity index is 2.27. The number of carbonyl (C=O) groups is 1. The molecule has 1 rings (SSSR count). The van der Waals surface area contributed by atoms with Crippen LogP contribution in [0.3, 0.4) is 0 Å². The van der Waals surface area contributed by atoms with Crippen molar-refractivity contribution < 1.29 is 19.4 Å². The van der Waals surface area contributed by atoms with Gasteiger partial charge in [0.25, 0.3) is 0 Å². The molecule has 0 aliphatic carbocycles. The number of hydrogen-bond acceptors (Lipinski definition) is 4. The molecule has 0 unspecified atom stereocenters. The van der Waals surface area contributed by atoms with Crippen LogP contribution < -0.4 is 0 Å². The van der Waals surface area contributed by atoms with Crippen molar-refractivity contribution in [2.45, 2.75) is 6.92 Å². The van der Waals surface area contributed by atoms with Gasteiger partial charge in [-0.15, -0.1) is 0 Å². The highest BCUT2D eigenvalue weighted by molar-refractivity contribution is 5.89. The Bertz CT molecular complexity index is 318. The molecule has 0 aliphatic heterocycles. The molecule has 0 spiro atoms. The minimum Gasteiger partial charge on any atom is -0.460 e. The predicted octanol–water partition coefficient (Wildman–Crippen LogP) is 1.16. The quantitative estimate of drug-likeness (QED) is 0.582. The number of aliphatic hydroxyl groups is 1. The fraction of sp³-hybridized carbons (Fsp3) is 0.417. The molecule has 0 bridgehead atoms. The second-order valence-corrected chi connectivity index (χ2v) is 3.34. The summed E-state index contributed by atoms with van der Waals surface area (Å²) >= 11 is 0. The molecule has 1 N–H and O–H groups in total. The van der Waals surface area contributed by atoms with Crippen molar-refractivity contribution in [3.63, 3.8) is 0 Å². The van der Waals surface area contributed by atoms with Crippen molar-refractivity contribution in [3.8, 4) is 0 Å². The minimum absolute atomic E-state index is 0.0219. The molecule has 4 nitrogen and oxygen atoms in total. The number of hydrogen-bond donors (Lipinski definition) is 1. The number of rotatable bonds is 6. The van der Waals surface area contributed by atoms with Gasteiger partial charge in [0, 0.05) is 0 Å². The van der Waals surface area contributed by atoms with Crippen molar-refractivity contribution in [1.29, 1.82) is 0 Å². The highest BCUT2D eigenvalue weighted by Gasteiger charge is 2.05. The lowest BCUT2D eigenvalue weighted by Gasteiger charge is -2.05. The van der Waals surface area contributed by atoms with Crippen molar-refractivity contribution >= 4 is 5.97 Å². The van der Waals surface area contributed by atoms with Gasteiger partial charge in [-0.05, 0) is 19.1 Å². The maximum atomic E-state index is 11.5. The molecule has 0 saturated heterocycles. The van der Waals surface area contributed by atoms with Gasteiger partial charge in [0.2, 0.25) is 0 Å². The summed E-state index contributed by atoms with van der Waals surface area (Å²) < 4.78 is 9.93. The Morgan fingerprint density at radius 1 is 1.19 bits per heavy atom. The topological polar surface area (TPSA) is 55.8 Å². The fourth-order valence-electron chi connectivity index (χ4n) is 1.13. The van der Waals surface area contributed by atoms with Crippen LogP contribution in [0.4, 0.5) is 0 Å². The second-order valence-electron chi connectivity index (χ2n) is 3.34. The van der Waals surface area contributed by atoms with E-state index in [4.69, 9.17) is 14.6 Å². The highest BCUT2D eigenvalue weighted by Crippen LogP contribution is 2.04. The zero-order valence-electron chi connectivity index (χ0n) is 9.31. The molecule has 0 radical (unpaired) electrons. The van der Waals surface area contributed by atoms with Gasteiger partial charge in [-0.1, -0.05) is 17.7 Å². The van der Waals surface area contributed by atoms with Crippen LogP contribution >= 0.6 is 0 Å². The average molecular weight is 224 g/mol. The van der Waals surface area contributed by atoms with E-state index in [-0.39, 0.29) is 25.8 Å². The third-order valence-corrected chi connectivity index (χ3v) is 1.98. The molecule has 0 atom stereocenters. The van der Waals surface area contributed by atoms with Crippen LogP contribution in [0.25, 0.3) is 0 Å². The van der Waals surface area contributed by atoms with Crippen molar-refractivity contribution in [2.24, 2.45) is 0 Å². The Labute approximate surface area is 94.8 Å². The van der Waals surface area contributed by atoms with E-state index in [0.29, 0.717) is 12.2 Å². The zero-order valence-corrected chi connectivity index (χ0v) is 9.31. The van der Waals surface area contributed by atoms with Gasteiger partial charge in [-0.25, -0.2) is 4.79 Å². The first-order valence-corrected chi connectivity index (χ1v) is 5.16. The van der Waals surface area contributed by atoms with Crippen LogP contribution in [0.2, 0.25) is 0 Å². The molecule has 88 valence electrons. The molecule has 1 aromatic rings. The molecule has 0 aliphatic rings. The van der Waals surface area contributed by atoms with Crippen LogP contribution in [-0.2, 0) is 9.47 Å². The molecular weight excluding hydrogens is 208 g/mol. The lowest BCUT2D eigenvalue weighted by Crippen LogP contribution is -2.12. The molecule has 0 heterocycles. The van der Waals surface area contributed by atoms with Gasteiger partial charge in [0.05, 0.1) is 25.4 Å². The smallest absolute Gasteiger partial charge is 0.338 e. The number of carbonyl (C=O) groups excluding carboxylic acids is 1. The summed E-state index contributed by atoms with van der Waals surface area (Å²) in [4.78, 5) is 11.5. The molecule has 16 heavy (non-hydrogen) atoms. The SMILES string of the molecule is Cc1ccc(C(=O)OCCOCCO)cc1. The number of esters is 1. The van der Waals surface area contributed by atoms with Gasteiger partial charge in [-0.2, -0.15) is 0 Å². The summed E-state index contributed by atoms with van der Waals surface area (Å²) in [5, 5.41) is 8.45. The highest BCUT2D eigenvalue weighted by atomic mass is 16.6. The van der Waals surface area contributed by atoms with Crippen LogP contribution in [0.1, 0.15) is 15.9 Å². The number of aliphatic hydroxyl groups excluding tert-OH is 1. The van der Waals surface area contributed by atoms with Crippen LogP contribution in [0.15, 0.2) is 24.3 Å². The monoisotopic (exact) mass is 224 g/mol. The standard InChI is InChI=1S/C12H16O4/c1-10-2-4-11(5-3-10)12(14)16-9-8-15-7-6-13/h2-5,13H,6-9H2,1H3. The molecule has 0 aromatic heterocycles. The predicted molar refractivity (Wildman–Crippen MR) is 59.4 cm³/mol. The number of benzene rings is 1. The Morgan fingerprint density at radius 3 is 2.50 bits per heavy atom. The molecule has 0 fully saturated rings. The first-order chi connectivity index (χ1) is 7.74. The van der Waals surface area contributed by atoms with E-state index in [1.807, 2.05) is 19.1 Å². The van der Waals surface area contributed by atoms with E-state index in [1.54, 1.807) is 12.1 Å². The second kappa shape index (κ2) is 6.98. The lowest BCUT2D eigenvalue weighted by atomic mass is 10.1. The van der Waals surface area contributed by atoms with Gasteiger partial charge < -0.3 is 14.6 Å². The van der Waals surface area contributed by atoms with Crippen molar-refractivity contribution in [1.82, 2.24) is 0 Å². The van der Waals surface area contributed by atoms with Crippen LogP contribution in [-0.4, -0.2) is 37.5 Å². The summed E-state index contributed by atoms with van der Waals surface area (Å²) in [6.07, 6.45) is 0. The van der Waals surface area contributed by atoms with E-state index in [0.717, 1.165) is 5.56 Å². The first kappa shape index (κ1) is 12.7. The third-order valence-electron chi connectivity index (χ3n) is 1.98. The van der Waals surface area contributed by atoms with Gasteiger partial charge in [-0.3, -0.25) is 0 Å². The third kappa shape index (κ3) is 4.42. The maximum absolute atomic E-state index is 11.5. The summed E-state index contributed by atoms with van der Waals surface area (Å²) in [7, 11) is 0. The van der Waals surface area contributed by atoms with Gasteiger partial charge in [0.15, 0.2) is 0 Å².